The van der Waals surface area contributed by atoms with E-state index in [1.807, 2.05) is 18.2 Å². The van der Waals surface area contributed by atoms with Gasteiger partial charge in [0.15, 0.2) is 0 Å². The lowest BCUT2D eigenvalue weighted by molar-refractivity contribution is 0.530. The summed E-state index contributed by atoms with van der Waals surface area (Å²) in [5.41, 5.74) is 0. The second-order valence-corrected chi connectivity index (χ2v) is 4.36. The van der Waals surface area contributed by atoms with Gasteiger partial charge in [-0.1, -0.05) is 11.8 Å². The van der Waals surface area contributed by atoms with Crippen molar-refractivity contribution in [3.05, 3.63) is 41.2 Å². The van der Waals surface area contributed by atoms with Gasteiger partial charge in [0.2, 0.25) is 0 Å². The van der Waals surface area contributed by atoms with Gasteiger partial charge in [0.1, 0.15) is 21.7 Å². The Morgan fingerprint density at radius 1 is 1.43 bits per heavy atom. The van der Waals surface area contributed by atoms with Crippen LogP contribution in [0.4, 0.5) is 0 Å². The topological polar surface area (TPSA) is 38.9 Å². The molecule has 14 heavy (non-hydrogen) atoms. The SMILES string of the molecule is Brc1cc(SCc2ccco2)ncn1. The molecule has 0 aliphatic carbocycles. The van der Waals surface area contributed by atoms with Gasteiger partial charge in [-0.05, 0) is 28.1 Å². The van der Waals surface area contributed by atoms with E-state index in [9.17, 15) is 0 Å². The van der Waals surface area contributed by atoms with Gasteiger partial charge < -0.3 is 4.42 Å². The predicted octanol–water partition coefficient (Wildman–Crippen LogP) is 3.12. The first kappa shape index (κ1) is 9.73. The molecule has 0 N–H and O–H groups in total. The van der Waals surface area contributed by atoms with Crippen LogP contribution in [0.2, 0.25) is 0 Å². The van der Waals surface area contributed by atoms with E-state index in [0.717, 1.165) is 21.1 Å². The Kier molecular flexibility index (Phi) is 3.21. The maximum atomic E-state index is 5.21. The average molecular weight is 271 g/mol. The third kappa shape index (κ3) is 2.59. The monoisotopic (exact) mass is 270 g/mol. The molecule has 0 spiro atoms. The van der Waals surface area contributed by atoms with Gasteiger partial charge in [-0.3, -0.25) is 0 Å². The van der Waals surface area contributed by atoms with E-state index in [2.05, 4.69) is 25.9 Å². The minimum atomic E-state index is 0.788. The summed E-state index contributed by atoms with van der Waals surface area (Å²) in [6, 6.07) is 5.71. The zero-order valence-corrected chi connectivity index (χ0v) is 9.59. The van der Waals surface area contributed by atoms with Crippen molar-refractivity contribution < 1.29 is 4.42 Å². The van der Waals surface area contributed by atoms with Gasteiger partial charge in [-0.15, -0.1) is 0 Å². The zero-order valence-electron chi connectivity index (χ0n) is 7.18. The molecule has 3 nitrogen and oxygen atoms in total. The van der Waals surface area contributed by atoms with E-state index in [1.165, 1.54) is 6.33 Å². The van der Waals surface area contributed by atoms with E-state index in [1.54, 1.807) is 18.0 Å². The Bertz CT molecular complexity index is 405. The molecule has 2 rings (SSSR count). The molecule has 2 aromatic rings. The molecule has 0 atom stereocenters. The Balaban J connectivity index is 1.98. The Hall–Kier alpha value is -0.810. The maximum absolute atomic E-state index is 5.21. The van der Waals surface area contributed by atoms with Gasteiger partial charge in [-0.2, -0.15) is 0 Å². The second-order valence-electron chi connectivity index (χ2n) is 2.55. The lowest BCUT2D eigenvalue weighted by Crippen LogP contribution is -1.83. The molecule has 0 amide bonds. The molecule has 0 aromatic carbocycles. The number of halogens is 1. The van der Waals surface area contributed by atoms with E-state index in [4.69, 9.17) is 4.42 Å². The first-order valence-electron chi connectivity index (χ1n) is 3.97. The Morgan fingerprint density at radius 3 is 3.07 bits per heavy atom. The second kappa shape index (κ2) is 4.61. The number of aromatic nitrogens is 2. The van der Waals surface area contributed by atoms with Gasteiger partial charge in [0.05, 0.1) is 12.0 Å². The number of furan rings is 1. The molecule has 0 radical (unpaired) electrons. The van der Waals surface area contributed by atoms with Gasteiger partial charge >= 0.3 is 0 Å². The molecular weight excluding hydrogens is 264 g/mol. The lowest BCUT2D eigenvalue weighted by Gasteiger charge is -1.97. The van der Waals surface area contributed by atoms with Crippen molar-refractivity contribution in [2.75, 3.05) is 0 Å². The maximum Gasteiger partial charge on any atom is 0.118 e. The Morgan fingerprint density at radius 2 is 2.36 bits per heavy atom. The van der Waals surface area contributed by atoms with Crippen LogP contribution in [0.25, 0.3) is 0 Å². The van der Waals surface area contributed by atoms with Crippen molar-refractivity contribution in [2.45, 2.75) is 10.8 Å². The van der Waals surface area contributed by atoms with Crippen LogP contribution in [0, 0.1) is 0 Å². The van der Waals surface area contributed by atoms with E-state index in [0.29, 0.717) is 0 Å². The van der Waals surface area contributed by atoms with E-state index in [-0.39, 0.29) is 0 Å². The first-order valence-corrected chi connectivity index (χ1v) is 5.75. The van der Waals surface area contributed by atoms with Crippen molar-refractivity contribution in [1.29, 1.82) is 0 Å². The third-order valence-electron chi connectivity index (χ3n) is 1.55. The summed E-state index contributed by atoms with van der Waals surface area (Å²) in [7, 11) is 0. The molecule has 0 unspecified atom stereocenters. The fourth-order valence-corrected chi connectivity index (χ4v) is 2.17. The number of rotatable bonds is 3. The third-order valence-corrected chi connectivity index (χ3v) is 2.93. The van der Waals surface area contributed by atoms with Crippen molar-refractivity contribution in [2.24, 2.45) is 0 Å². The van der Waals surface area contributed by atoms with Gasteiger partial charge in [0.25, 0.3) is 0 Å². The summed E-state index contributed by atoms with van der Waals surface area (Å²) < 4.78 is 6.01. The fourth-order valence-electron chi connectivity index (χ4n) is 0.936. The Labute approximate surface area is 94.1 Å². The van der Waals surface area contributed by atoms with Crippen LogP contribution in [-0.4, -0.2) is 9.97 Å². The van der Waals surface area contributed by atoms with Crippen LogP contribution >= 0.6 is 27.7 Å². The molecular formula is C9H7BrN2OS. The molecule has 5 heteroatoms. The molecule has 0 aliphatic rings. The van der Waals surface area contributed by atoms with Crippen LogP contribution < -0.4 is 0 Å². The minimum Gasteiger partial charge on any atom is -0.468 e. The highest BCUT2D eigenvalue weighted by Crippen LogP contribution is 2.22. The summed E-state index contributed by atoms with van der Waals surface area (Å²) in [6.45, 7) is 0. The summed E-state index contributed by atoms with van der Waals surface area (Å²) in [5.74, 6) is 1.74. The van der Waals surface area contributed by atoms with Crippen molar-refractivity contribution in [3.63, 3.8) is 0 Å². The van der Waals surface area contributed by atoms with Crippen LogP contribution in [0.3, 0.4) is 0 Å². The van der Waals surface area contributed by atoms with E-state index < -0.39 is 0 Å². The highest BCUT2D eigenvalue weighted by Gasteiger charge is 2.00. The normalized spacial score (nSPS) is 10.4. The highest BCUT2D eigenvalue weighted by molar-refractivity contribution is 9.10. The molecule has 2 heterocycles. The number of nitrogens with zero attached hydrogens (tertiary/aromatic N) is 2. The molecule has 72 valence electrons. The minimum absolute atomic E-state index is 0.788. The first-order chi connectivity index (χ1) is 6.84. The highest BCUT2D eigenvalue weighted by atomic mass is 79.9. The van der Waals surface area contributed by atoms with Crippen molar-refractivity contribution >= 4 is 27.7 Å². The summed E-state index contributed by atoms with van der Waals surface area (Å²) in [4.78, 5) is 8.07. The molecule has 0 bridgehead atoms. The van der Waals surface area contributed by atoms with Crippen LogP contribution in [0.5, 0.6) is 0 Å². The van der Waals surface area contributed by atoms with Crippen LogP contribution in [0.1, 0.15) is 5.76 Å². The van der Waals surface area contributed by atoms with Gasteiger partial charge in [0, 0.05) is 6.07 Å². The standard InChI is InChI=1S/C9H7BrN2OS/c10-8-4-9(12-6-11-8)14-5-7-2-1-3-13-7/h1-4,6H,5H2. The molecule has 0 fully saturated rings. The lowest BCUT2D eigenvalue weighted by atomic mass is 10.5. The smallest absolute Gasteiger partial charge is 0.118 e. The summed E-state index contributed by atoms with van der Waals surface area (Å²) >= 11 is 4.91. The van der Waals surface area contributed by atoms with Crippen molar-refractivity contribution in [1.82, 2.24) is 9.97 Å². The summed E-state index contributed by atoms with van der Waals surface area (Å²) in [5, 5.41) is 0.934. The predicted molar refractivity (Wildman–Crippen MR) is 58.0 cm³/mol. The van der Waals surface area contributed by atoms with Gasteiger partial charge in [-0.25, -0.2) is 9.97 Å². The fraction of sp³-hybridized carbons (Fsp3) is 0.111. The zero-order chi connectivity index (χ0) is 9.80. The average Bonchev–Trinajstić information content (AvgIpc) is 2.67. The molecule has 0 saturated heterocycles. The molecule has 0 aliphatic heterocycles. The molecule has 2 aromatic heterocycles. The quantitative estimate of drug-likeness (QED) is 0.635. The van der Waals surface area contributed by atoms with Crippen molar-refractivity contribution in [3.8, 4) is 0 Å². The molecule has 0 saturated carbocycles. The van der Waals surface area contributed by atoms with Crippen LogP contribution in [0.15, 0.2) is 44.8 Å². The largest absolute Gasteiger partial charge is 0.468 e. The summed E-state index contributed by atoms with van der Waals surface area (Å²) in [6.07, 6.45) is 3.21. The van der Waals surface area contributed by atoms with Crippen LogP contribution in [-0.2, 0) is 5.75 Å². The number of thioether (sulfide) groups is 1. The van der Waals surface area contributed by atoms with E-state index >= 15 is 0 Å². The number of hydrogen-bond acceptors (Lipinski definition) is 4. The number of hydrogen-bond donors (Lipinski definition) is 0.